The van der Waals surface area contributed by atoms with E-state index in [1.54, 1.807) is 0 Å². The maximum Gasteiger partial charge on any atom is -0.0323 e. The van der Waals surface area contributed by atoms with Gasteiger partial charge in [-0.2, -0.15) is 0 Å². The molecule has 0 saturated heterocycles. The Labute approximate surface area is 135 Å². The first-order chi connectivity index (χ1) is 10.3. The van der Waals surface area contributed by atoms with Crippen LogP contribution < -0.4 is 0 Å². The maximum absolute atomic E-state index is 4.26. The normalized spacial score (nSPS) is 11.0. The predicted molar refractivity (Wildman–Crippen MR) is 99.0 cm³/mol. The fourth-order valence-electron chi connectivity index (χ4n) is 2.97. The van der Waals surface area contributed by atoms with Crippen LogP contribution in [0.2, 0.25) is 0 Å². The molecule has 0 radical (unpaired) electrons. The Hall–Kier alpha value is -0.260. The van der Waals surface area contributed by atoms with Crippen molar-refractivity contribution in [3.63, 3.8) is 0 Å². The van der Waals surface area contributed by atoms with Crippen molar-refractivity contribution in [2.24, 2.45) is 0 Å². The zero-order valence-corrected chi connectivity index (χ0v) is 15.2. The van der Waals surface area contributed by atoms with Gasteiger partial charge in [0.25, 0.3) is 0 Å². The second-order valence-electron chi connectivity index (χ2n) is 6.85. The lowest BCUT2D eigenvalue weighted by Crippen LogP contribution is -1.86. The molecule has 0 rings (SSSR count). The zero-order chi connectivity index (χ0) is 15.6. The monoisotopic (exact) mass is 294 g/mol. The molecule has 21 heavy (non-hydrogen) atoms. The molecule has 126 valence electrons. The minimum Gasteiger partial charge on any atom is -0.0999 e. The molecule has 0 heteroatoms. The van der Waals surface area contributed by atoms with Crippen LogP contribution in [0.25, 0.3) is 0 Å². The van der Waals surface area contributed by atoms with Gasteiger partial charge in [-0.05, 0) is 25.7 Å². The topological polar surface area (TPSA) is 0 Å². The van der Waals surface area contributed by atoms with Gasteiger partial charge in [0.15, 0.2) is 0 Å². The second kappa shape index (κ2) is 17.8. The summed E-state index contributed by atoms with van der Waals surface area (Å²) in [5.74, 6) is 0. The summed E-state index contributed by atoms with van der Waals surface area (Å²) in [6.07, 6.45) is 23.8. The molecule has 0 heterocycles. The molecule has 0 atom stereocenters. The molecule has 0 aromatic heterocycles. The molecular formula is C21H42. The molecule has 0 aliphatic heterocycles. The highest BCUT2D eigenvalue weighted by molar-refractivity contribution is 4.93. The van der Waals surface area contributed by atoms with Crippen LogP contribution in [0, 0.1) is 0 Å². The number of unbranched alkanes of at least 4 members (excludes halogenated alkanes) is 13. The van der Waals surface area contributed by atoms with E-state index in [0.29, 0.717) is 0 Å². The highest BCUT2D eigenvalue weighted by Crippen LogP contribution is 2.17. The molecule has 0 amide bonds. The van der Waals surface area contributed by atoms with Crippen molar-refractivity contribution in [1.82, 2.24) is 0 Å². The number of rotatable bonds is 17. The summed E-state index contributed by atoms with van der Waals surface area (Å²) in [5, 5.41) is 0. The van der Waals surface area contributed by atoms with Crippen LogP contribution in [-0.4, -0.2) is 0 Å². The quantitative estimate of drug-likeness (QED) is 0.187. The van der Waals surface area contributed by atoms with Crippen molar-refractivity contribution in [1.29, 1.82) is 0 Å². The third-order valence-corrected chi connectivity index (χ3v) is 4.52. The standard InChI is InChI=1S/C21H42/c1-4-6-8-10-12-14-16-18-20-21(3)19-17-15-13-11-9-7-5-2/h3-20H2,1-2H3. The molecule has 0 fully saturated rings. The molecule has 0 aliphatic carbocycles. The Bertz CT molecular complexity index is 204. The van der Waals surface area contributed by atoms with Crippen molar-refractivity contribution >= 4 is 0 Å². The van der Waals surface area contributed by atoms with Crippen molar-refractivity contribution < 1.29 is 0 Å². The van der Waals surface area contributed by atoms with E-state index in [-0.39, 0.29) is 0 Å². The van der Waals surface area contributed by atoms with Crippen LogP contribution in [0.1, 0.15) is 123 Å². The van der Waals surface area contributed by atoms with Gasteiger partial charge in [-0.25, -0.2) is 0 Å². The fraction of sp³-hybridized carbons (Fsp3) is 0.905. The molecule has 0 nitrogen and oxygen atoms in total. The predicted octanol–water partition coefficient (Wildman–Crippen LogP) is 8.21. The molecule has 0 unspecified atom stereocenters. The second-order valence-corrected chi connectivity index (χ2v) is 6.85. The number of hydrogen-bond donors (Lipinski definition) is 0. The Kier molecular flexibility index (Phi) is 17.6. The van der Waals surface area contributed by atoms with E-state index in [1.807, 2.05) is 0 Å². The van der Waals surface area contributed by atoms with E-state index >= 15 is 0 Å². The van der Waals surface area contributed by atoms with Gasteiger partial charge in [-0.15, -0.1) is 0 Å². The van der Waals surface area contributed by atoms with E-state index in [1.165, 1.54) is 115 Å². The maximum atomic E-state index is 4.26. The first-order valence-corrected chi connectivity index (χ1v) is 9.97. The first-order valence-electron chi connectivity index (χ1n) is 9.97. The average molecular weight is 295 g/mol. The van der Waals surface area contributed by atoms with Crippen LogP contribution in [0.3, 0.4) is 0 Å². The van der Waals surface area contributed by atoms with Crippen molar-refractivity contribution in [2.75, 3.05) is 0 Å². The summed E-state index contributed by atoms with van der Waals surface area (Å²) in [6, 6.07) is 0. The Morgan fingerprint density at radius 3 is 1.10 bits per heavy atom. The zero-order valence-electron chi connectivity index (χ0n) is 15.2. The minimum atomic E-state index is 1.28. The lowest BCUT2D eigenvalue weighted by molar-refractivity contribution is 0.565. The van der Waals surface area contributed by atoms with Crippen LogP contribution in [0.15, 0.2) is 12.2 Å². The highest BCUT2D eigenvalue weighted by Gasteiger charge is 1.97. The van der Waals surface area contributed by atoms with Gasteiger partial charge in [0.1, 0.15) is 0 Å². The van der Waals surface area contributed by atoms with Crippen LogP contribution in [0.4, 0.5) is 0 Å². The van der Waals surface area contributed by atoms with Gasteiger partial charge in [0.05, 0.1) is 0 Å². The van der Waals surface area contributed by atoms with Crippen LogP contribution in [-0.2, 0) is 0 Å². The van der Waals surface area contributed by atoms with Crippen LogP contribution in [0.5, 0.6) is 0 Å². The lowest BCUT2D eigenvalue weighted by Gasteiger charge is -2.06. The van der Waals surface area contributed by atoms with Crippen molar-refractivity contribution in [3.8, 4) is 0 Å². The highest BCUT2D eigenvalue weighted by atomic mass is 14.0. The van der Waals surface area contributed by atoms with E-state index in [9.17, 15) is 0 Å². The summed E-state index contributed by atoms with van der Waals surface area (Å²) >= 11 is 0. The van der Waals surface area contributed by atoms with Gasteiger partial charge in [-0.3, -0.25) is 0 Å². The molecule has 0 saturated carbocycles. The van der Waals surface area contributed by atoms with Crippen molar-refractivity contribution in [2.45, 2.75) is 123 Å². The Balaban J connectivity index is 3.13. The van der Waals surface area contributed by atoms with E-state index < -0.39 is 0 Å². The van der Waals surface area contributed by atoms with Gasteiger partial charge in [0, 0.05) is 0 Å². The molecule has 0 aromatic carbocycles. The smallest absolute Gasteiger partial charge is 0.0323 e. The molecule has 0 N–H and O–H groups in total. The van der Waals surface area contributed by atoms with Crippen LogP contribution >= 0.6 is 0 Å². The number of hydrogen-bond acceptors (Lipinski definition) is 0. The summed E-state index contributed by atoms with van der Waals surface area (Å²) < 4.78 is 0. The molecule has 0 spiro atoms. The van der Waals surface area contributed by atoms with E-state index in [0.717, 1.165) is 0 Å². The Morgan fingerprint density at radius 2 is 0.762 bits per heavy atom. The van der Waals surface area contributed by atoms with E-state index in [2.05, 4.69) is 20.4 Å². The SMILES string of the molecule is C=C(CCCCCCCCC)CCCCCCCCCC. The first kappa shape index (κ1) is 20.7. The fourth-order valence-corrected chi connectivity index (χ4v) is 2.97. The largest absolute Gasteiger partial charge is 0.0999 e. The van der Waals surface area contributed by atoms with E-state index in [4.69, 9.17) is 0 Å². The van der Waals surface area contributed by atoms with Crippen molar-refractivity contribution in [3.05, 3.63) is 12.2 Å². The molecule has 0 aromatic rings. The molecule has 0 bridgehead atoms. The van der Waals surface area contributed by atoms with Gasteiger partial charge in [-0.1, -0.05) is 109 Å². The summed E-state index contributed by atoms with van der Waals surface area (Å²) in [6.45, 7) is 8.84. The summed E-state index contributed by atoms with van der Waals surface area (Å²) in [4.78, 5) is 0. The van der Waals surface area contributed by atoms with Gasteiger partial charge >= 0.3 is 0 Å². The number of allylic oxidation sites excluding steroid dienone is 1. The Morgan fingerprint density at radius 1 is 0.476 bits per heavy atom. The lowest BCUT2D eigenvalue weighted by atomic mass is 10.0. The average Bonchev–Trinajstić information content (AvgIpc) is 2.49. The minimum absolute atomic E-state index is 1.28. The third kappa shape index (κ3) is 17.7. The third-order valence-electron chi connectivity index (χ3n) is 4.52. The molecular weight excluding hydrogens is 252 g/mol. The summed E-state index contributed by atoms with van der Waals surface area (Å²) in [5.41, 5.74) is 1.51. The van der Waals surface area contributed by atoms with Gasteiger partial charge < -0.3 is 0 Å². The molecule has 0 aliphatic rings. The summed E-state index contributed by atoms with van der Waals surface area (Å²) in [7, 11) is 0. The van der Waals surface area contributed by atoms with Gasteiger partial charge in [0.2, 0.25) is 0 Å².